The lowest BCUT2D eigenvalue weighted by Gasteiger charge is -2.08. The number of hydrogen-bond acceptors (Lipinski definition) is 4. The van der Waals surface area contributed by atoms with E-state index in [1.165, 1.54) is 12.1 Å². The summed E-state index contributed by atoms with van der Waals surface area (Å²) >= 11 is 0. The second kappa shape index (κ2) is 5.20. The van der Waals surface area contributed by atoms with Gasteiger partial charge in [-0.25, -0.2) is 4.39 Å². The van der Waals surface area contributed by atoms with Gasteiger partial charge in [-0.2, -0.15) is 0 Å². The highest BCUT2D eigenvalue weighted by molar-refractivity contribution is 5.90. The molecule has 104 valence electrons. The van der Waals surface area contributed by atoms with Gasteiger partial charge in [0.25, 0.3) is 0 Å². The van der Waals surface area contributed by atoms with Crippen LogP contribution in [0.5, 0.6) is 0 Å². The number of anilines is 2. The summed E-state index contributed by atoms with van der Waals surface area (Å²) in [5, 5.41) is 2.92. The molecule has 5 heteroatoms. The van der Waals surface area contributed by atoms with Gasteiger partial charge < -0.3 is 9.73 Å². The Bertz CT molecular complexity index is 872. The lowest BCUT2D eigenvalue weighted by atomic mass is 10.1. The van der Waals surface area contributed by atoms with E-state index in [2.05, 4.69) is 5.32 Å². The van der Waals surface area contributed by atoms with Crippen LogP contribution in [0.3, 0.4) is 0 Å². The zero-order valence-electron chi connectivity index (χ0n) is 10.8. The third-order valence-corrected chi connectivity index (χ3v) is 3.04. The van der Waals surface area contributed by atoms with Gasteiger partial charge in [0.1, 0.15) is 17.0 Å². The van der Waals surface area contributed by atoms with E-state index in [0.29, 0.717) is 12.0 Å². The third kappa shape index (κ3) is 2.41. The molecule has 2 aromatic carbocycles. The molecule has 0 aliphatic rings. The second-order valence-electron chi connectivity index (χ2n) is 4.42. The maximum absolute atomic E-state index is 13.2. The monoisotopic (exact) mass is 283 g/mol. The predicted molar refractivity (Wildman–Crippen MR) is 77.6 cm³/mol. The fourth-order valence-corrected chi connectivity index (χ4v) is 2.03. The second-order valence-corrected chi connectivity index (χ2v) is 4.42. The van der Waals surface area contributed by atoms with Crippen LogP contribution in [0, 0.1) is 5.82 Å². The number of nitrogens with one attached hydrogen (secondary N) is 1. The summed E-state index contributed by atoms with van der Waals surface area (Å²) in [5.41, 5.74) is 0.150. The van der Waals surface area contributed by atoms with E-state index in [4.69, 9.17) is 4.42 Å². The molecule has 0 unspecified atom stereocenters. The molecule has 0 spiro atoms. The molecule has 0 saturated heterocycles. The molecule has 1 heterocycles. The van der Waals surface area contributed by atoms with Gasteiger partial charge in [-0.3, -0.25) is 9.59 Å². The van der Waals surface area contributed by atoms with Gasteiger partial charge in [0, 0.05) is 5.69 Å². The highest BCUT2D eigenvalue weighted by Crippen LogP contribution is 2.23. The summed E-state index contributed by atoms with van der Waals surface area (Å²) in [7, 11) is 0. The van der Waals surface area contributed by atoms with Crippen molar-refractivity contribution >= 4 is 28.8 Å². The van der Waals surface area contributed by atoms with Crippen molar-refractivity contribution in [2.75, 3.05) is 5.32 Å². The summed E-state index contributed by atoms with van der Waals surface area (Å²) in [6, 6.07) is 12.6. The number of benzene rings is 2. The van der Waals surface area contributed by atoms with Crippen molar-refractivity contribution in [3.8, 4) is 0 Å². The number of fused-ring (bicyclic) bond motifs is 1. The zero-order chi connectivity index (χ0) is 14.8. The summed E-state index contributed by atoms with van der Waals surface area (Å²) < 4.78 is 18.7. The van der Waals surface area contributed by atoms with Crippen LogP contribution in [0.4, 0.5) is 16.0 Å². The minimum absolute atomic E-state index is 0.0377. The van der Waals surface area contributed by atoms with Crippen molar-refractivity contribution in [2.24, 2.45) is 0 Å². The van der Waals surface area contributed by atoms with Crippen molar-refractivity contribution in [2.45, 2.75) is 0 Å². The quantitative estimate of drug-likeness (QED) is 0.747. The largest absolute Gasteiger partial charge is 0.439 e. The Morgan fingerprint density at radius 3 is 2.57 bits per heavy atom. The summed E-state index contributed by atoms with van der Waals surface area (Å²) in [6.45, 7) is 0. The number of carbonyl (C=O) groups is 1. The molecule has 0 saturated carbocycles. The van der Waals surface area contributed by atoms with Crippen molar-refractivity contribution in [3.05, 3.63) is 70.1 Å². The van der Waals surface area contributed by atoms with Crippen molar-refractivity contribution < 1.29 is 13.6 Å². The number of carbonyl (C=O) groups excluding carboxylic acids is 1. The van der Waals surface area contributed by atoms with Crippen LogP contribution in [0.2, 0.25) is 0 Å². The van der Waals surface area contributed by atoms with Crippen LogP contribution in [0.1, 0.15) is 10.4 Å². The highest BCUT2D eigenvalue weighted by atomic mass is 19.1. The Morgan fingerprint density at radius 1 is 1.10 bits per heavy atom. The predicted octanol–water partition coefficient (Wildman–Crippen LogP) is 3.49. The first-order chi connectivity index (χ1) is 10.2. The van der Waals surface area contributed by atoms with Gasteiger partial charge in [-0.15, -0.1) is 0 Å². The molecule has 0 aliphatic heterocycles. The summed E-state index contributed by atoms with van der Waals surface area (Å²) in [6.07, 6.45) is 0.404. The van der Waals surface area contributed by atoms with Crippen molar-refractivity contribution in [1.82, 2.24) is 0 Å². The Labute approximate surface area is 118 Å². The van der Waals surface area contributed by atoms with Crippen LogP contribution in [0.25, 0.3) is 11.0 Å². The van der Waals surface area contributed by atoms with Crippen LogP contribution < -0.4 is 10.7 Å². The van der Waals surface area contributed by atoms with Crippen molar-refractivity contribution in [3.63, 3.8) is 0 Å². The highest BCUT2D eigenvalue weighted by Gasteiger charge is 2.14. The Morgan fingerprint density at radius 2 is 1.86 bits per heavy atom. The molecule has 21 heavy (non-hydrogen) atoms. The van der Waals surface area contributed by atoms with Gasteiger partial charge in [-0.1, -0.05) is 18.2 Å². The fourth-order valence-electron chi connectivity index (χ4n) is 2.03. The fraction of sp³-hybridized carbons (Fsp3) is 0. The van der Waals surface area contributed by atoms with E-state index >= 15 is 0 Å². The Kier molecular flexibility index (Phi) is 3.23. The van der Waals surface area contributed by atoms with Crippen LogP contribution in [-0.2, 0) is 0 Å². The van der Waals surface area contributed by atoms with E-state index < -0.39 is 11.2 Å². The van der Waals surface area contributed by atoms with Gasteiger partial charge in [0.05, 0.1) is 5.39 Å². The number of halogens is 1. The lowest BCUT2D eigenvalue weighted by Crippen LogP contribution is -2.11. The van der Waals surface area contributed by atoms with Crippen LogP contribution in [0.15, 0.2) is 57.7 Å². The molecule has 1 N–H and O–H groups in total. The Hall–Kier alpha value is -2.95. The Balaban J connectivity index is 2.21. The maximum atomic E-state index is 13.2. The van der Waals surface area contributed by atoms with Gasteiger partial charge in [0.15, 0.2) is 6.29 Å². The molecular formula is C16H10FNO3. The smallest absolute Gasteiger partial charge is 0.212 e. The zero-order valence-corrected chi connectivity index (χ0v) is 10.8. The molecule has 0 bridgehead atoms. The van der Waals surface area contributed by atoms with Crippen LogP contribution >= 0.6 is 0 Å². The van der Waals surface area contributed by atoms with E-state index in [0.717, 1.165) is 6.07 Å². The molecule has 0 fully saturated rings. The minimum Gasteiger partial charge on any atom is -0.439 e. The van der Waals surface area contributed by atoms with Crippen LogP contribution in [-0.4, -0.2) is 6.29 Å². The first-order valence-corrected chi connectivity index (χ1v) is 6.22. The first-order valence-electron chi connectivity index (χ1n) is 6.22. The van der Waals surface area contributed by atoms with Gasteiger partial charge >= 0.3 is 0 Å². The number of rotatable bonds is 3. The lowest BCUT2D eigenvalue weighted by molar-refractivity contribution is 0.112. The van der Waals surface area contributed by atoms with E-state index in [-0.39, 0.29) is 22.4 Å². The molecular weight excluding hydrogens is 273 g/mol. The minimum atomic E-state index is -0.566. The normalized spacial score (nSPS) is 10.5. The number of para-hydroxylation sites is 1. The van der Waals surface area contributed by atoms with E-state index in [9.17, 15) is 14.0 Å². The average Bonchev–Trinajstić information content (AvgIpc) is 2.50. The summed E-state index contributed by atoms with van der Waals surface area (Å²) in [5.74, 6) is -0.518. The van der Waals surface area contributed by atoms with Gasteiger partial charge in [-0.05, 0) is 30.3 Å². The first kappa shape index (κ1) is 13.1. The molecule has 0 atom stereocenters. The average molecular weight is 283 g/mol. The van der Waals surface area contributed by atoms with Gasteiger partial charge in [0.2, 0.25) is 11.3 Å². The molecule has 3 rings (SSSR count). The van der Waals surface area contributed by atoms with Crippen molar-refractivity contribution in [1.29, 1.82) is 0 Å². The topological polar surface area (TPSA) is 59.3 Å². The maximum Gasteiger partial charge on any atom is 0.212 e. The third-order valence-electron chi connectivity index (χ3n) is 3.04. The van der Waals surface area contributed by atoms with E-state index in [1.54, 1.807) is 24.3 Å². The summed E-state index contributed by atoms with van der Waals surface area (Å²) in [4.78, 5) is 23.4. The molecule has 0 amide bonds. The SMILES string of the molecule is O=Cc1c(Nc2ccccc2)oc2ccc(F)cc2c1=O. The molecule has 4 nitrogen and oxygen atoms in total. The number of aldehydes is 1. The standard InChI is InChI=1S/C16H10FNO3/c17-10-6-7-14-12(8-10)15(20)13(9-19)16(21-14)18-11-4-2-1-3-5-11/h1-9,18H. The number of hydrogen-bond donors (Lipinski definition) is 1. The van der Waals surface area contributed by atoms with E-state index in [1.807, 2.05) is 6.07 Å². The molecule has 0 radical (unpaired) electrons. The molecule has 3 aromatic rings. The molecule has 0 aliphatic carbocycles. The molecule has 1 aromatic heterocycles.